The van der Waals surface area contributed by atoms with Gasteiger partial charge in [-0.1, -0.05) is 6.04 Å². The smallest absolute Gasteiger partial charge is 0.399 e. The predicted molar refractivity (Wildman–Crippen MR) is 81.8 cm³/mol. The first-order chi connectivity index (χ1) is 13.1. The molecule has 21 heavy (non-hydrogen) atoms. The summed E-state index contributed by atoms with van der Waals surface area (Å²) in [6, 6.07) is -0.913. The van der Waals surface area contributed by atoms with Crippen molar-refractivity contribution in [1.82, 2.24) is 14.5 Å². The molecule has 3 rings (SSSR count). The van der Waals surface area contributed by atoms with Crippen LogP contribution in [0.15, 0.2) is 30.7 Å². The Morgan fingerprint density at radius 3 is 2.52 bits per heavy atom. The summed E-state index contributed by atoms with van der Waals surface area (Å²) in [6.07, 6.45) is -1.69. The molecular formula is C15H20BN3O2. The van der Waals surface area contributed by atoms with Gasteiger partial charge in [0.2, 0.25) is 0 Å². The summed E-state index contributed by atoms with van der Waals surface area (Å²) < 4.78 is 75.6. The van der Waals surface area contributed by atoms with Crippen molar-refractivity contribution in [3.8, 4) is 5.82 Å². The third-order valence-corrected chi connectivity index (χ3v) is 3.77. The minimum atomic E-state index is -2.73. The molecule has 2 aromatic heterocycles. The summed E-state index contributed by atoms with van der Waals surface area (Å²) in [5, 5.41) is 0. The molecule has 2 aromatic rings. The van der Waals surface area contributed by atoms with Crippen molar-refractivity contribution >= 4 is 12.6 Å². The molecule has 1 saturated heterocycles. The zero-order chi connectivity index (χ0) is 22.1. The molecule has 0 aliphatic carbocycles. The fourth-order valence-electron chi connectivity index (χ4n) is 1.83. The van der Waals surface area contributed by atoms with Crippen LogP contribution >= 0.6 is 0 Å². The van der Waals surface area contributed by atoms with Gasteiger partial charge in [0.1, 0.15) is 13.5 Å². The van der Waals surface area contributed by atoms with Gasteiger partial charge in [-0.2, -0.15) is 0 Å². The third kappa shape index (κ3) is 2.49. The Hall–Kier alpha value is -1.66. The zero-order valence-electron chi connectivity index (χ0n) is 20.2. The van der Waals surface area contributed by atoms with Crippen LogP contribution in [0.5, 0.6) is 0 Å². The van der Waals surface area contributed by atoms with Gasteiger partial charge in [0.25, 0.3) is 0 Å². The maximum Gasteiger partial charge on any atom is 0.496 e. The van der Waals surface area contributed by atoms with E-state index in [2.05, 4.69) is 9.97 Å². The first-order valence-electron chi connectivity index (χ1n) is 10.5. The minimum Gasteiger partial charge on any atom is -0.399 e. The van der Waals surface area contributed by atoms with E-state index in [0.717, 1.165) is 4.57 Å². The highest BCUT2D eigenvalue weighted by Gasteiger charge is 2.51. The van der Waals surface area contributed by atoms with Crippen molar-refractivity contribution in [3.63, 3.8) is 0 Å². The van der Waals surface area contributed by atoms with Crippen molar-refractivity contribution in [2.75, 3.05) is 0 Å². The molecule has 110 valence electrons. The Morgan fingerprint density at radius 2 is 1.90 bits per heavy atom. The standard InChI is InChI=1S/C15H20BN3O2/c1-11-9-19(10-18-11)13-7-6-12(8-17-13)16-20-14(2,3)15(4,5)21-16/h6-10H,1-5H3/i1D3,6D,7D,8D,9D,10D. The van der Waals surface area contributed by atoms with E-state index in [0.29, 0.717) is 0 Å². The van der Waals surface area contributed by atoms with Crippen LogP contribution in [0.25, 0.3) is 5.82 Å². The van der Waals surface area contributed by atoms with Crippen LogP contribution in [0.4, 0.5) is 0 Å². The van der Waals surface area contributed by atoms with E-state index in [1.165, 1.54) is 0 Å². The molecule has 0 unspecified atom stereocenters. The van der Waals surface area contributed by atoms with E-state index >= 15 is 0 Å². The van der Waals surface area contributed by atoms with Crippen molar-refractivity contribution in [2.45, 2.75) is 45.7 Å². The van der Waals surface area contributed by atoms with Gasteiger partial charge in [-0.25, -0.2) is 9.97 Å². The number of rotatable bonds is 2. The number of hydrogen-bond acceptors (Lipinski definition) is 4. The number of imidazole rings is 1. The van der Waals surface area contributed by atoms with Gasteiger partial charge in [0.15, 0.2) is 0 Å². The Labute approximate surface area is 136 Å². The molecule has 1 fully saturated rings. The number of aryl methyl sites for hydroxylation is 1. The number of aromatic nitrogens is 3. The molecule has 6 heteroatoms. The van der Waals surface area contributed by atoms with E-state index in [4.69, 9.17) is 20.3 Å². The van der Waals surface area contributed by atoms with Gasteiger partial charge in [-0.3, -0.25) is 4.57 Å². The Morgan fingerprint density at radius 1 is 1.19 bits per heavy atom. The molecule has 1 aliphatic rings. The van der Waals surface area contributed by atoms with Crippen LogP contribution in [-0.2, 0) is 9.31 Å². The van der Waals surface area contributed by atoms with Gasteiger partial charge in [0, 0.05) is 21.9 Å². The number of pyridine rings is 1. The van der Waals surface area contributed by atoms with Crippen LogP contribution in [-0.4, -0.2) is 32.9 Å². The second-order valence-electron chi connectivity index (χ2n) is 5.81. The van der Waals surface area contributed by atoms with Crippen molar-refractivity contribution in [1.29, 1.82) is 0 Å². The summed E-state index contributed by atoms with van der Waals surface area (Å²) in [6.45, 7) is 4.51. The summed E-state index contributed by atoms with van der Waals surface area (Å²) in [5.41, 5.74) is -2.11. The van der Waals surface area contributed by atoms with E-state index in [9.17, 15) is 0 Å². The van der Waals surface area contributed by atoms with Crippen LogP contribution < -0.4 is 5.46 Å². The second-order valence-corrected chi connectivity index (χ2v) is 5.81. The van der Waals surface area contributed by atoms with Gasteiger partial charge in [0.05, 0.1) is 22.4 Å². The molecule has 0 aromatic carbocycles. The molecule has 5 nitrogen and oxygen atoms in total. The van der Waals surface area contributed by atoms with Gasteiger partial charge >= 0.3 is 7.12 Å². The predicted octanol–water partition coefficient (Wildman–Crippen LogP) is 1.87. The minimum absolute atomic E-state index is 0.0494. The van der Waals surface area contributed by atoms with E-state index in [-0.39, 0.29) is 5.46 Å². The van der Waals surface area contributed by atoms with E-state index in [1.54, 1.807) is 0 Å². The summed E-state index contributed by atoms with van der Waals surface area (Å²) in [4.78, 5) is 7.54. The maximum atomic E-state index is 8.35. The average molecular weight is 293 g/mol. The third-order valence-electron chi connectivity index (χ3n) is 3.77. The molecule has 0 amide bonds. The van der Waals surface area contributed by atoms with Crippen molar-refractivity contribution in [3.05, 3.63) is 36.4 Å². The molecular weight excluding hydrogens is 265 g/mol. The Bertz CT molecular complexity index is 973. The molecule has 0 atom stereocenters. The lowest BCUT2D eigenvalue weighted by Crippen LogP contribution is -2.41. The van der Waals surface area contributed by atoms with Gasteiger partial charge in [-0.05, 0) is 40.6 Å². The van der Waals surface area contributed by atoms with Crippen LogP contribution in [0.2, 0.25) is 0 Å². The number of hydrogen-bond donors (Lipinski definition) is 0. The highest BCUT2D eigenvalue weighted by atomic mass is 16.7. The molecule has 0 spiro atoms. The molecule has 0 radical (unpaired) electrons. The lowest BCUT2D eigenvalue weighted by Gasteiger charge is -2.32. The van der Waals surface area contributed by atoms with Crippen LogP contribution in [0.3, 0.4) is 0 Å². The van der Waals surface area contributed by atoms with Gasteiger partial charge in [-0.15, -0.1) is 0 Å². The van der Waals surface area contributed by atoms with Crippen LogP contribution in [0, 0.1) is 6.85 Å². The first kappa shape index (κ1) is 7.56. The monoisotopic (exact) mass is 293 g/mol. The zero-order valence-corrected chi connectivity index (χ0v) is 12.2. The van der Waals surface area contributed by atoms with Crippen molar-refractivity contribution < 1.29 is 20.3 Å². The number of nitrogens with zero attached hydrogens (tertiary/aromatic N) is 3. The van der Waals surface area contributed by atoms with E-state index in [1.807, 2.05) is 27.7 Å². The lowest BCUT2D eigenvalue weighted by molar-refractivity contribution is 0.00578. The molecule has 0 saturated carbocycles. The molecule has 0 bridgehead atoms. The topological polar surface area (TPSA) is 49.2 Å². The Balaban J connectivity index is 2.15. The van der Waals surface area contributed by atoms with Crippen LogP contribution in [0.1, 0.15) is 44.4 Å². The van der Waals surface area contributed by atoms with Crippen molar-refractivity contribution in [2.24, 2.45) is 0 Å². The molecule has 0 N–H and O–H groups in total. The Kier molecular flexibility index (Phi) is 1.68. The summed E-state index contributed by atoms with van der Waals surface area (Å²) >= 11 is 0. The normalized spacial score (nSPS) is 26.0. The fourth-order valence-corrected chi connectivity index (χ4v) is 1.83. The SMILES string of the molecule is [2H]c1nc(-n2c([2H])nc(C([2H])([2H])[2H])c2[2H])c([2H])c([2H])c1B1OC(C)(C)C(C)(C)O1. The fraction of sp³-hybridized carbons (Fsp3) is 0.467. The second kappa shape index (κ2) is 4.68. The quantitative estimate of drug-likeness (QED) is 0.793. The largest absolute Gasteiger partial charge is 0.496 e. The first-order valence-corrected chi connectivity index (χ1v) is 6.48. The highest BCUT2D eigenvalue weighted by Crippen LogP contribution is 2.36. The lowest BCUT2D eigenvalue weighted by atomic mass is 9.80. The summed E-state index contributed by atoms with van der Waals surface area (Å²) in [5.74, 6) is -0.390. The summed E-state index contributed by atoms with van der Waals surface area (Å²) in [7, 11) is -1.09. The molecule has 3 heterocycles. The van der Waals surface area contributed by atoms with Gasteiger partial charge < -0.3 is 9.31 Å². The maximum absolute atomic E-state index is 8.35. The van der Waals surface area contributed by atoms with E-state index < -0.39 is 67.4 Å². The molecule has 1 aliphatic heterocycles. The average Bonchev–Trinajstić information content (AvgIpc) is 2.95. The highest BCUT2D eigenvalue weighted by molar-refractivity contribution is 6.62.